The molecule has 6 heteroatoms. The highest BCUT2D eigenvalue weighted by atomic mass is 19.1. The number of carbonyl (C=O) groups is 2. The van der Waals surface area contributed by atoms with E-state index in [-0.39, 0.29) is 18.8 Å². The van der Waals surface area contributed by atoms with Gasteiger partial charge in [0.05, 0.1) is 6.61 Å². The first-order valence-electron chi connectivity index (χ1n) is 6.02. The van der Waals surface area contributed by atoms with Crippen molar-refractivity contribution in [3.63, 3.8) is 0 Å². The number of hydrogen-bond donors (Lipinski definition) is 2. The second-order valence-electron chi connectivity index (χ2n) is 4.20. The summed E-state index contributed by atoms with van der Waals surface area (Å²) in [6.07, 6.45) is 0.0717. The van der Waals surface area contributed by atoms with Gasteiger partial charge in [0.1, 0.15) is 5.82 Å². The van der Waals surface area contributed by atoms with E-state index in [1.165, 1.54) is 12.1 Å². The Morgan fingerprint density at radius 1 is 1.58 bits per heavy atom. The summed E-state index contributed by atoms with van der Waals surface area (Å²) < 4.78 is 18.3. The Kier molecular flexibility index (Phi) is 3.69. The Labute approximate surface area is 110 Å². The van der Waals surface area contributed by atoms with Crippen LogP contribution < -0.4 is 10.6 Å². The van der Waals surface area contributed by atoms with Crippen LogP contribution in [0, 0.1) is 5.82 Å². The van der Waals surface area contributed by atoms with Gasteiger partial charge in [0.2, 0.25) is 0 Å². The van der Waals surface area contributed by atoms with Crippen molar-refractivity contribution in [3.8, 4) is 0 Å². The van der Waals surface area contributed by atoms with Crippen molar-refractivity contribution in [1.82, 2.24) is 0 Å². The third kappa shape index (κ3) is 2.52. The monoisotopic (exact) mass is 266 g/mol. The minimum atomic E-state index is -1.06. The summed E-state index contributed by atoms with van der Waals surface area (Å²) in [5.74, 6) is -1.35. The Hall–Kier alpha value is -2.11. The molecule has 1 aliphatic rings. The number of fused-ring (bicyclic) bond motifs is 1. The number of benzene rings is 1. The van der Waals surface area contributed by atoms with Crippen LogP contribution in [0.15, 0.2) is 12.1 Å². The van der Waals surface area contributed by atoms with E-state index in [1.54, 1.807) is 14.0 Å². The standard InChI is InChI=1S/C13H15FN2O3/c1-3-19-13(18)12-11(17)6-8-9(15-2)4-7(14)5-10(8)16-12/h4-5,12,15-16H,3,6H2,1-2H3. The van der Waals surface area contributed by atoms with Gasteiger partial charge < -0.3 is 15.4 Å². The van der Waals surface area contributed by atoms with Gasteiger partial charge in [0.15, 0.2) is 11.8 Å². The average molecular weight is 266 g/mol. The molecule has 2 N–H and O–H groups in total. The van der Waals surface area contributed by atoms with E-state index in [9.17, 15) is 14.0 Å². The first-order chi connectivity index (χ1) is 9.06. The van der Waals surface area contributed by atoms with Gasteiger partial charge >= 0.3 is 5.97 Å². The molecule has 1 aliphatic heterocycles. The summed E-state index contributed by atoms with van der Waals surface area (Å²) in [7, 11) is 1.65. The summed E-state index contributed by atoms with van der Waals surface area (Å²) in [4.78, 5) is 23.6. The lowest BCUT2D eigenvalue weighted by Crippen LogP contribution is -2.43. The van der Waals surface area contributed by atoms with Crippen LogP contribution in [0.5, 0.6) is 0 Å². The number of Topliss-reactive ketones (excluding diaryl/α,β-unsaturated/α-hetero) is 1. The molecule has 102 valence electrons. The van der Waals surface area contributed by atoms with Crippen LogP contribution in [-0.4, -0.2) is 31.4 Å². The largest absolute Gasteiger partial charge is 0.464 e. The number of rotatable bonds is 3. The number of ether oxygens (including phenoxy) is 1. The number of ketones is 1. The molecule has 0 aromatic heterocycles. The van der Waals surface area contributed by atoms with Crippen molar-refractivity contribution in [2.24, 2.45) is 0 Å². The SMILES string of the molecule is CCOC(=O)C1Nc2cc(F)cc(NC)c2CC1=O. The summed E-state index contributed by atoms with van der Waals surface area (Å²) in [6, 6.07) is 1.53. The molecule has 0 aliphatic carbocycles. The number of halogens is 1. The molecule has 1 heterocycles. The van der Waals surface area contributed by atoms with E-state index in [1.807, 2.05) is 0 Å². The van der Waals surface area contributed by atoms with E-state index in [4.69, 9.17) is 4.74 Å². The van der Waals surface area contributed by atoms with Crippen molar-refractivity contribution in [2.45, 2.75) is 19.4 Å². The molecule has 0 saturated heterocycles. The van der Waals surface area contributed by atoms with Crippen LogP contribution >= 0.6 is 0 Å². The molecular weight excluding hydrogens is 251 g/mol. The average Bonchev–Trinajstić information content (AvgIpc) is 2.38. The Bertz CT molecular complexity index is 531. The minimum absolute atomic E-state index is 0.0717. The number of carbonyl (C=O) groups excluding carboxylic acids is 2. The quantitative estimate of drug-likeness (QED) is 0.638. The van der Waals surface area contributed by atoms with Gasteiger partial charge in [-0.3, -0.25) is 4.79 Å². The predicted molar refractivity (Wildman–Crippen MR) is 68.7 cm³/mol. The molecule has 0 radical (unpaired) electrons. The Morgan fingerprint density at radius 3 is 2.95 bits per heavy atom. The second-order valence-corrected chi connectivity index (χ2v) is 4.20. The number of nitrogens with one attached hydrogen (secondary N) is 2. The Morgan fingerprint density at radius 2 is 2.32 bits per heavy atom. The lowest BCUT2D eigenvalue weighted by molar-refractivity contribution is -0.146. The van der Waals surface area contributed by atoms with Crippen molar-refractivity contribution in [3.05, 3.63) is 23.5 Å². The Balaban J connectivity index is 2.35. The summed E-state index contributed by atoms with van der Waals surface area (Å²) in [5.41, 5.74) is 1.65. The molecule has 2 rings (SSSR count). The molecule has 1 aromatic rings. The maximum Gasteiger partial charge on any atom is 0.336 e. The zero-order valence-corrected chi connectivity index (χ0v) is 10.7. The zero-order chi connectivity index (χ0) is 14.0. The molecule has 19 heavy (non-hydrogen) atoms. The molecule has 0 saturated carbocycles. The normalized spacial score (nSPS) is 17.4. The van der Waals surface area contributed by atoms with Crippen LogP contribution in [0.1, 0.15) is 12.5 Å². The molecule has 5 nitrogen and oxygen atoms in total. The second kappa shape index (κ2) is 5.26. The molecule has 1 atom stereocenters. The van der Waals surface area contributed by atoms with Gasteiger partial charge in [-0.05, 0) is 19.1 Å². The molecule has 0 fully saturated rings. The van der Waals surface area contributed by atoms with E-state index in [0.29, 0.717) is 16.9 Å². The van der Waals surface area contributed by atoms with Gasteiger partial charge in [-0.2, -0.15) is 0 Å². The molecule has 1 aromatic carbocycles. The van der Waals surface area contributed by atoms with Crippen molar-refractivity contribution in [2.75, 3.05) is 24.3 Å². The fraction of sp³-hybridized carbons (Fsp3) is 0.385. The van der Waals surface area contributed by atoms with Crippen LogP contribution in [0.25, 0.3) is 0 Å². The number of esters is 1. The van der Waals surface area contributed by atoms with Gasteiger partial charge in [-0.15, -0.1) is 0 Å². The topological polar surface area (TPSA) is 67.4 Å². The van der Waals surface area contributed by atoms with Gasteiger partial charge in [0, 0.05) is 30.4 Å². The summed E-state index contributed by atoms with van der Waals surface area (Å²) in [5, 5.41) is 5.58. The zero-order valence-electron chi connectivity index (χ0n) is 10.7. The van der Waals surface area contributed by atoms with Gasteiger partial charge in [0.25, 0.3) is 0 Å². The molecule has 1 unspecified atom stereocenters. The van der Waals surface area contributed by atoms with E-state index >= 15 is 0 Å². The van der Waals surface area contributed by atoms with Crippen LogP contribution in [0.3, 0.4) is 0 Å². The first kappa shape index (κ1) is 13.3. The van der Waals surface area contributed by atoms with Gasteiger partial charge in [-0.1, -0.05) is 0 Å². The van der Waals surface area contributed by atoms with Crippen LogP contribution in [0.4, 0.5) is 15.8 Å². The number of hydrogen-bond acceptors (Lipinski definition) is 5. The molecular formula is C13H15FN2O3. The molecule has 0 amide bonds. The molecule has 0 bridgehead atoms. The highest BCUT2D eigenvalue weighted by Gasteiger charge is 2.34. The fourth-order valence-corrected chi connectivity index (χ4v) is 2.11. The smallest absolute Gasteiger partial charge is 0.336 e. The highest BCUT2D eigenvalue weighted by molar-refractivity contribution is 6.09. The maximum absolute atomic E-state index is 13.4. The summed E-state index contributed by atoms with van der Waals surface area (Å²) >= 11 is 0. The van der Waals surface area contributed by atoms with Crippen LogP contribution in [0.2, 0.25) is 0 Å². The number of anilines is 2. The third-order valence-electron chi connectivity index (χ3n) is 2.98. The first-order valence-corrected chi connectivity index (χ1v) is 6.02. The van der Waals surface area contributed by atoms with Gasteiger partial charge in [-0.25, -0.2) is 9.18 Å². The minimum Gasteiger partial charge on any atom is -0.464 e. The lowest BCUT2D eigenvalue weighted by Gasteiger charge is -2.26. The van der Waals surface area contributed by atoms with Crippen molar-refractivity contribution in [1.29, 1.82) is 0 Å². The lowest BCUT2D eigenvalue weighted by atomic mass is 9.95. The predicted octanol–water partition coefficient (Wildman–Crippen LogP) is 1.34. The van der Waals surface area contributed by atoms with E-state index in [0.717, 1.165) is 0 Å². The van der Waals surface area contributed by atoms with Crippen LogP contribution in [-0.2, 0) is 20.7 Å². The maximum atomic E-state index is 13.4. The third-order valence-corrected chi connectivity index (χ3v) is 2.98. The summed E-state index contributed by atoms with van der Waals surface area (Å²) in [6.45, 7) is 1.86. The molecule has 0 spiro atoms. The fourth-order valence-electron chi connectivity index (χ4n) is 2.11. The van der Waals surface area contributed by atoms with E-state index < -0.39 is 17.8 Å². The highest BCUT2D eigenvalue weighted by Crippen LogP contribution is 2.31. The van der Waals surface area contributed by atoms with E-state index in [2.05, 4.69) is 10.6 Å². The van der Waals surface area contributed by atoms with Crippen molar-refractivity contribution < 1.29 is 18.7 Å². The van der Waals surface area contributed by atoms with Crippen molar-refractivity contribution >= 4 is 23.1 Å².